The smallest absolute Gasteiger partial charge is 0.123 e. The molecule has 0 fully saturated rings. The number of ether oxygens (including phenoxy) is 1. The molecule has 3 aliphatic carbocycles. The van der Waals surface area contributed by atoms with Crippen molar-refractivity contribution >= 4 is 54.4 Å². The summed E-state index contributed by atoms with van der Waals surface area (Å²) in [5.41, 5.74) is 23.5. The van der Waals surface area contributed by atoms with E-state index in [0.717, 1.165) is 34.9 Å². The van der Waals surface area contributed by atoms with Gasteiger partial charge in [-0.2, -0.15) is 0 Å². The summed E-state index contributed by atoms with van der Waals surface area (Å²) in [6.07, 6.45) is 17.0. The Balaban J connectivity index is 0.000000155. The van der Waals surface area contributed by atoms with E-state index in [-0.39, 0.29) is 37.9 Å². The van der Waals surface area contributed by atoms with Gasteiger partial charge in [-0.25, -0.2) is 0 Å². The van der Waals surface area contributed by atoms with Crippen LogP contribution < -0.4 is 4.74 Å². The van der Waals surface area contributed by atoms with Crippen LogP contribution in [0.1, 0.15) is 283 Å². The molecule has 630 valence electrons. The highest BCUT2D eigenvalue weighted by molar-refractivity contribution is 7.13. The summed E-state index contributed by atoms with van der Waals surface area (Å²) in [6, 6.07) is 74.8. The summed E-state index contributed by atoms with van der Waals surface area (Å²) in [7, 11) is 1.74. The number of aryl methyl sites for hydroxylation is 3. The predicted molar refractivity (Wildman–Crippen MR) is 515 cm³/mol. The molecule has 7 heteroatoms. The highest BCUT2D eigenvalue weighted by atomic mass is 32.1. The van der Waals surface area contributed by atoms with Crippen LogP contribution in [0.2, 0.25) is 0 Å². The lowest BCUT2D eigenvalue weighted by molar-refractivity contribution is 0.399. The summed E-state index contributed by atoms with van der Waals surface area (Å²) in [5.74, 6) is 2.62. The van der Waals surface area contributed by atoms with Crippen molar-refractivity contribution in [3.05, 3.63) is 308 Å². The van der Waals surface area contributed by atoms with Crippen LogP contribution >= 0.6 is 11.3 Å². The zero-order valence-electron chi connectivity index (χ0n) is 77.0. The molecule has 0 aliphatic heterocycles. The molecule has 0 unspecified atom stereocenters. The topological polar surface area (TPSA) is 103 Å². The number of rotatable bonds is 2. The number of hydrogen-bond donors (Lipinski definition) is 4. The van der Waals surface area contributed by atoms with Crippen LogP contribution in [0, 0.1) is 0 Å². The van der Waals surface area contributed by atoms with E-state index in [1.54, 1.807) is 41.2 Å². The second-order valence-corrected chi connectivity index (χ2v) is 41.9. The molecule has 1 aromatic heterocycles. The van der Waals surface area contributed by atoms with Gasteiger partial charge in [-0.3, -0.25) is 4.98 Å². The summed E-state index contributed by atoms with van der Waals surface area (Å²) in [6.45, 7) is 53.1. The van der Waals surface area contributed by atoms with Crippen molar-refractivity contribution in [2.45, 2.75) is 287 Å². The number of benzene rings is 12. The van der Waals surface area contributed by atoms with Crippen LogP contribution in [0.4, 0.5) is 0 Å². The SMILES string of the molecule is CC(C)(C)c1c(O)ccc2c1CCCC2.CC(C)(C)c1c(O)ccc2ccccc12.CC(C)(C)c1cc(O)cc2c1CCCC2.CC(C)(C)c1cc(O)cc2ccccc12.CC(C)(C)c1cccc2c1CCCC2.CC(C)(C)c1cccc2ccccc12.CC(C)(C)c1ccccc1-c1cncs1.COc1ccc2ccccc2c1C(C)(C)C. The molecule has 0 amide bonds. The Morgan fingerprint density at radius 1 is 0.286 bits per heavy atom. The molecular formula is C112H141NO5S. The van der Waals surface area contributed by atoms with E-state index in [0.29, 0.717) is 28.4 Å². The third-order valence-corrected chi connectivity index (χ3v) is 23.7. The van der Waals surface area contributed by atoms with Crippen molar-refractivity contribution in [3.63, 3.8) is 0 Å². The van der Waals surface area contributed by atoms with Crippen molar-refractivity contribution in [1.82, 2.24) is 4.98 Å². The summed E-state index contributed by atoms with van der Waals surface area (Å²) in [5, 5.41) is 49.3. The van der Waals surface area contributed by atoms with Crippen LogP contribution in [0.3, 0.4) is 0 Å². The fraction of sp³-hybridized carbons (Fsp3) is 0.402. The van der Waals surface area contributed by atoms with E-state index < -0.39 is 0 Å². The van der Waals surface area contributed by atoms with Gasteiger partial charge in [0.15, 0.2) is 0 Å². The fourth-order valence-corrected chi connectivity index (χ4v) is 18.1. The third-order valence-electron chi connectivity index (χ3n) is 22.9. The quantitative estimate of drug-likeness (QED) is 0.138. The van der Waals surface area contributed by atoms with Crippen molar-refractivity contribution in [2.75, 3.05) is 7.11 Å². The number of phenolic OH excluding ortho intramolecular Hbond substituents is 4. The number of nitrogens with zero attached hydrogens (tertiary/aromatic N) is 1. The molecular weight excluding hydrogens is 1470 g/mol. The van der Waals surface area contributed by atoms with Gasteiger partial charge >= 0.3 is 0 Å². The van der Waals surface area contributed by atoms with Gasteiger partial charge in [0.25, 0.3) is 0 Å². The first-order valence-corrected chi connectivity index (χ1v) is 44.4. The fourth-order valence-electron chi connectivity index (χ4n) is 17.4. The highest BCUT2D eigenvalue weighted by Crippen LogP contribution is 2.44. The van der Waals surface area contributed by atoms with E-state index in [1.807, 2.05) is 78.4 Å². The maximum absolute atomic E-state index is 10.0. The zero-order chi connectivity index (χ0) is 87.2. The lowest BCUT2D eigenvalue weighted by Crippen LogP contribution is -2.18. The minimum absolute atomic E-state index is 0.0368. The van der Waals surface area contributed by atoms with Crippen LogP contribution in [0.5, 0.6) is 28.7 Å². The third kappa shape index (κ3) is 24.8. The largest absolute Gasteiger partial charge is 0.508 e. The number of aromatic nitrogens is 1. The lowest BCUT2D eigenvalue weighted by Gasteiger charge is -2.28. The summed E-state index contributed by atoms with van der Waals surface area (Å²) in [4.78, 5) is 5.39. The number of methoxy groups -OCH3 is 1. The summed E-state index contributed by atoms with van der Waals surface area (Å²) >= 11 is 1.70. The minimum atomic E-state index is -0.0368. The van der Waals surface area contributed by atoms with Gasteiger partial charge in [-0.05, 0) is 273 Å². The van der Waals surface area contributed by atoms with Gasteiger partial charge in [0.2, 0.25) is 0 Å². The van der Waals surface area contributed by atoms with Gasteiger partial charge in [0.1, 0.15) is 28.7 Å². The number of aromatic hydroxyl groups is 4. The second kappa shape index (κ2) is 39.2. The Hall–Kier alpha value is -9.69. The average Bonchev–Trinajstić information content (AvgIpc) is 1.48. The molecule has 16 rings (SSSR count). The molecule has 4 N–H and O–H groups in total. The zero-order valence-corrected chi connectivity index (χ0v) is 77.8. The van der Waals surface area contributed by atoms with Crippen molar-refractivity contribution in [2.24, 2.45) is 0 Å². The first kappa shape index (κ1) is 93.2. The minimum Gasteiger partial charge on any atom is -0.508 e. The monoisotopic (exact) mass is 1610 g/mol. The first-order chi connectivity index (χ1) is 55.8. The number of fused-ring (bicyclic) bond motifs is 7. The molecule has 6 nitrogen and oxygen atoms in total. The molecule has 1 heterocycles. The van der Waals surface area contributed by atoms with Crippen LogP contribution in [-0.2, 0) is 81.8 Å². The molecule has 3 aliphatic rings. The summed E-state index contributed by atoms with van der Waals surface area (Å²) < 4.78 is 5.48. The molecule has 0 spiro atoms. The predicted octanol–water partition coefficient (Wildman–Crippen LogP) is 31.1. The molecule has 119 heavy (non-hydrogen) atoms. The van der Waals surface area contributed by atoms with Crippen molar-refractivity contribution in [1.29, 1.82) is 0 Å². The Morgan fingerprint density at radius 2 is 0.664 bits per heavy atom. The number of hydrogen-bond acceptors (Lipinski definition) is 7. The molecule has 12 aromatic carbocycles. The number of phenols is 4. The van der Waals surface area contributed by atoms with Gasteiger partial charge in [0, 0.05) is 22.9 Å². The van der Waals surface area contributed by atoms with Crippen molar-refractivity contribution in [3.8, 4) is 39.2 Å². The lowest BCUT2D eigenvalue weighted by atomic mass is 9.77. The van der Waals surface area contributed by atoms with Gasteiger partial charge < -0.3 is 25.2 Å². The Morgan fingerprint density at radius 3 is 1.18 bits per heavy atom. The van der Waals surface area contributed by atoms with Crippen molar-refractivity contribution < 1.29 is 25.2 Å². The van der Waals surface area contributed by atoms with Gasteiger partial charge in [-0.15, -0.1) is 11.3 Å². The van der Waals surface area contributed by atoms with E-state index in [9.17, 15) is 20.4 Å². The molecule has 0 radical (unpaired) electrons. The Labute approximate surface area is 720 Å². The van der Waals surface area contributed by atoms with E-state index >= 15 is 0 Å². The maximum Gasteiger partial charge on any atom is 0.123 e. The van der Waals surface area contributed by atoms with Crippen LogP contribution in [0.25, 0.3) is 53.5 Å². The first-order valence-electron chi connectivity index (χ1n) is 43.5. The molecule has 0 bridgehead atoms. The molecule has 13 aromatic rings. The van der Waals surface area contributed by atoms with E-state index in [4.69, 9.17) is 4.74 Å². The van der Waals surface area contributed by atoms with Crippen LogP contribution in [-0.4, -0.2) is 32.5 Å². The second-order valence-electron chi connectivity index (χ2n) is 41.0. The van der Waals surface area contributed by atoms with E-state index in [1.165, 1.54) is 163 Å². The Kier molecular flexibility index (Phi) is 30.7. The normalized spacial score (nSPS) is 13.5. The molecule has 0 saturated carbocycles. The molecule has 0 saturated heterocycles. The van der Waals surface area contributed by atoms with E-state index in [2.05, 4.69) is 317 Å². The molecule has 0 atom stereocenters. The Bertz CT molecular complexity index is 5500. The average molecular weight is 1610 g/mol. The highest BCUT2D eigenvalue weighted by Gasteiger charge is 2.29. The maximum atomic E-state index is 10.0. The standard InChI is InChI=1S/C15H18O.C14H20O.C14H16O.C14H20O.C14H16O.C14H20.C14H16.C13H15NS/c1-15(2,3)14-12-8-6-5-7-11(12)9-10-13(14)16-4;2*1-14(2,3)13-9-11(15)8-10-6-4-5-7-12(10)13;2*1-14(2,3)13-11-7-5-4-6-10(11)8-9-12(13)15;2*1-14(2,3)13-10-6-8-11-7-4-5-9-12(11)13;1-13(2,3)11-7-5-4-6-10(11)12-8-14-9-15-12/h5-10H,1-4H3;8-9,15H,4-7H2,1-3H3;4-9,15H,1-3H3;8-9,15H,4-7H2,1-3H3;4-9,15H,1-3H3;6,8,10H,4-5,7,9H2,1-3H3;4-10H,1-3H3;4-9H,1-3H3. The van der Waals surface area contributed by atoms with Gasteiger partial charge in [-0.1, -0.05) is 342 Å². The van der Waals surface area contributed by atoms with Crippen LogP contribution in [0.15, 0.2) is 230 Å². The van der Waals surface area contributed by atoms with Gasteiger partial charge in [0.05, 0.1) is 17.5 Å². The number of thiazole rings is 1.